The molecule has 1 fully saturated rings. The van der Waals surface area contributed by atoms with Crippen LogP contribution in [0.2, 0.25) is 18.1 Å². The second-order valence-corrected chi connectivity index (χ2v) is 15.7. The van der Waals surface area contributed by atoms with Crippen LogP contribution < -0.4 is 15.2 Å². The van der Waals surface area contributed by atoms with E-state index in [2.05, 4.69) is 38.9 Å². The number of rotatable bonds is 7. The molecular weight excluding hydrogens is 462 g/mol. The smallest absolute Gasteiger partial charge is 0.278 e. The van der Waals surface area contributed by atoms with E-state index in [1.807, 2.05) is 30.3 Å². The van der Waals surface area contributed by atoms with Crippen LogP contribution in [-0.2, 0) is 15.8 Å². The summed E-state index contributed by atoms with van der Waals surface area (Å²) in [7, 11) is -0.177. The fourth-order valence-electron chi connectivity index (χ4n) is 4.43. The van der Waals surface area contributed by atoms with Gasteiger partial charge in [-0.15, -0.1) is 0 Å². The highest BCUT2D eigenvalue weighted by atomic mass is 28.4. The molecule has 2 aromatic rings. The molecule has 0 saturated carbocycles. The molecule has 1 saturated heterocycles. The zero-order valence-electron chi connectivity index (χ0n) is 21.7. The summed E-state index contributed by atoms with van der Waals surface area (Å²) in [6.45, 7) is 13.3. The first kappa shape index (κ1) is 25.5. The van der Waals surface area contributed by atoms with Gasteiger partial charge < -0.3 is 18.8 Å². The third kappa shape index (κ3) is 4.64. The van der Waals surface area contributed by atoms with Crippen molar-refractivity contribution in [2.75, 3.05) is 38.4 Å². The van der Waals surface area contributed by atoms with Crippen molar-refractivity contribution in [3.05, 3.63) is 64.1 Å². The Bertz CT molecular complexity index is 1120. The number of ether oxygens (including phenoxy) is 2. The lowest BCUT2D eigenvalue weighted by atomic mass is 10.0. The van der Waals surface area contributed by atoms with E-state index in [9.17, 15) is 9.59 Å². The van der Waals surface area contributed by atoms with Gasteiger partial charge >= 0.3 is 0 Å². The van der Waals surface area contributed by atoms with Crippen molar-refractivity contribution in [1.82, 2.24) is 9.58 Å². The number of carbonyl (C=O) groups is 1. The first-order valence-corrected chi connectivity index (χ1v) is 15.1. The van der Waals surface area contributed by atoms with E-state index in [0.717, 1.165) is 5.56 Å². The fraction of sp³-hybridized carbons (Fsp3) is 0.538. The number of hydrogen-bond acceptors (Lipinski definition) is 6. The molecule has 9 heteroatoms. The quantitative estimate of drug-likeness (QED) is 0.542. The van der Waals surface area contributed by atoms with Gasteiger partial charge in [0.25, 0.3) is 5.91 Å². The Labute approximate surface area is 208 Å². The van der Waals surface area contributed by atoms with Crippen molar-refractivity contribution < 1.29 is 18.7 Å². The molecule has 0 aliphatic carbocycles. The molecule has 190 valence electrons. The standard InChI is InChI=1S/C26H37N3O5Si/c1-25(2,3)35(5,6)34-17-15-29-26(13-16-32-19-26)27(4)24(31)22-23(21(30)12-14-28(22)29)33-18-20-10-8-7-9-11-20/h7-12,14H,13,15-19H2,1-6H3. The van der Waals surface area contributed by atoms with Crippen LogP contribution in [-0.4, -0.2) is 62.9 Å². The van der Waals surface area contributed by atoms with Crippen LogP contribution in [0.3, 0.4) is 0 Å². The number of hydrogen-bond donors (Lipinski definition) is 0. The number of nitrogens with zero attached hydrogens (tertiary/aromatic N) is 3. The highest BCUT2D eigenvalue weighted by Crippen LogP contribution is 2.38. The Morgan fingerprint density at radius 2 is 1.83 bits per heavy atom. The molecule has 0 bridgehead atoms. The first-order chi connectivity index (χ1) is 16.5. The molecule has 2 aliphatic rings. The molecule has 1 aromatic carbocycles. The largest absolute Gasteiger partial charge is 0.482 e. The summed E-state index contributed by atoms with van der Waals surface area (Å²) in [4.78, 5) is 28.2. The Morgan fingerprint density at radius 1 is 1.11 bits per heavy atom. The van der Waals surface area contributed by atoms with Gasteiger partial charge in [-0.2, -0.15) is 0 Å². The van der Waals surface area contributed by atoms with E-state index in [1.165, 1.54) is 6.07 Å². The van der Waals surface area contributed by atoms with Crippen molar-refractivity contribution in [2.24, 2.45) is 0 Å². The number of aromatic nitrogens is 1. The summed E-state index contributed by atoms with van der Waals surface area (Å²) in [5, 5.41) is 2.20. The molecule has 0 radical (unpaired) electrons. The minimum atomic E-state index is -1.96. The molecule has 1 amide bonds. The van der Waals surface area contributed by atoms with E-state index in [4.69, 9.17) is 13.9 Å². The number of carbonyl (C=O) groups excluding carboxylic acids is 1. The number of amides is 1. The van der Waals surface area contributed by atoms with Crippen molar-refractivity contribution in [1.29, 1.82) is 0 Å². The van der Waals surface area contributed by atoms with Crippen molar-refractivity contribution in [3.63, 3.8) is 0 Å². The fourth-order valence-corrected chi connectivity index (χ4v) is 5.46. The topological polar surface area (TPSA) is 73.2 Å². The van der Waals surface area contributed by atoms with Gasteiger partial charge in [-0.3, -0.25) is 19.3 Å². The van der Waals surface area contributed by atoms with Gasteiger partial charge in [0.1, 0.15) is 6.61 Å². The van der Waals surface area contributed by atoms with Gasteiger partial charge in [-0.05, 0) is 23.7 Å². The summed E-state index contributed by atoms with van der Waals surface area (Å²) < 4.78 is 20.0. The zero-order chi connectivity index (χ0) is 25.4. The lowest BCUT2D eigenvalue weighted by molar-refractivity contribution is 0.0283. The molecule has 8 nitrogen and oxygen atoms in total. The number of benzene rings is 1. The normalized spacial score (nSPS) is 20.5. The average Bonchev–Trinajstić information content (AvgIpc) is 3.30. The Morgan fingerprint density at radius 3 is 2.46 bits per heavy atom. The third-order valence-corrected chi connectivity index (χ3v) is 12.2. The predicted molar refractivity (Wildman–Crippen MR) is 138 cm³/mol. The minimum absolute atomic E-state index is 0.0669. The molecule has 2 aliphatic heterocycles. The molecule has 1 spiro atoms. The SMILES string of the molecule is CN1C(=O)c2c(OCc3ccccc3)c(=O)ccn2N(CCO[Si](C)(C)C(C)(C)C)C12CCOC2. The van der Waals surface area contributed by atoms with Crippen molar-refractivity contribution in [3.8, 4) is 5.75 Å². The van der Waals surface area contributed by atoms with E-state index in [0.29, 0.717) is 32.8 Å². The highest BCUT2D eigenvalue weighted by molar-refractivity contribution is 6.74. The van der Waals surface area contributed by atoms with Gasteiger partial charge in [0, 0.05) is 25.7 Å². The van der Waals surface area contributed by atoms with Gasteiger partial charge in [-0.25, -0.2) is 0 Å². The number of pyridine rings is 1. The first-order valence-electron chi connectivity index (χ1n) is 12.2. The maximum Gasteiger partial charge on any atom is 0.278 e. The second-order valence-electron chi connectivity index (χ2n) is 10.9. The lowest BCUT2D eigenvalue weighted by Gasteiger charge is -2.52. The summed E-state index contributed by atoms with van der Waals surface area (Å²) in [6.07, 6.45) is 2.34. The lowest BCUT2D eigenvalue weighted by Crippen LogP contribution is -2.70. The molecular formula is C26H37N3O5Si. The summed E-state index contributed by atoms with van der Waals surface area (Å²) >= 11 is 0. The van der Waals surface area contributed by atoms with Crippen LogP contribution in [0.15, 0.2) is 47.4 Å². The summed E-state index contributed by atoms with van der Waals surface area (Å²) in [6, 6.07) is 11.1. The van der Waals surface area contributed by atoms with Gasteiger partial charge in [0.2, 0.25) is 5.43 Å². The van der Waals surface area contributed by atoms with E-state index >= 15 is 0 Å². The van der Waals surface area contributed by atoms with E-state index in [-0.39, 0.29) is 34.4 Å². The number of likely N-dealkylation sites (N-methyl/N-ethyl adjacent to an activating group) is 1. The molecule has 1 unspecified atom stereocenters. The maximum absolute atomic E-state index is 13.7. The summed E-state index contributed by atoms with van der Waals surface area (Å²) in [5.41, 5.74) is 0.198. The van der Waals surface area contributed by atoms with Gasteiger partial charge in [0.05, 0.1) is 26.4 Å². The van der Waals surface area contributed by atoms with E-state index < -0.39 is 14.0 Å². The maximum atomic E-state index is 13.7. The van der Waals surface area contributed by atoms with Gasteiger partial charge in [0.15, 0.2) is 25.4 Å². The molecule has 1 atom stereocenters. The van der Waals surface area contributed by atoms with E-state index in [1.54, 1.807) is 22.8 Å². The molecule has 0 N–H and O–H groups in total. The van der Waals surface area contributed by atoms with Crippen LogP contribution in [0.4, 0.5) is 0 Å². The van der Waals surface area contributed by atoms with Crippen LogP contribution in [0, 0.1) is 0 Å². The van der Waals surface area contributed by atoms with Crippen LogP contribution in [0.25, 0.3) is 0 Å². The Balaban J connectivity index is 1.70. The zero-order valence-corrected chi connectivity index (χ0v) is 22.7. The van der Waals surface area contributed by atoms with Crippen molar-refractivity contribution in [2.45, 2.75) is 57.6 Å². The Hall–Kier alpha value is -2.62. The highest BCUT2D eigenvalue weighted by Gasteiger charge is 2.52. The number of fused-ring (bicyclic) bond motifs is 1. The average molecular weight is 500 g/mol. The predicted octanol–water partition coefficient (Wildman–Crippen LogP) is 3.59. The summed E-state index contributed by atoms with van der Waals surface area (Å²) in [5.74, 6) is -0.185. The van der Waals surface area contributed by atoms with Crippen LogP contribution >= 0.6 is 0 Å². The molecule has 3 heterocycles. The minimum Gasteiger partial charge on any atom is -0.482 e. The van der Waals surface area contributed by atoms with Crippen molar-refractivity contribution >= 4 is 14.2 Å². The monoisotopic (exact) mass is 499 g/mol. The van der Waals surface area contributed by atoms with Crippen LogP contribution in [0.5, 0.6) is 5.75 Å². The molecule has 4 rings (SSSR count). The Kier molecular flexibility index (Phi) is 6.87. The molecule has 1 aromatic heterocycles. The van der Waals surface area contributed by atoms with Gasteiger partial charge in [-0.1, -0.05) is 51.1 Å². The molecule has 35 heavy (non-hydrogen) atoms. The van der Waals surface area contributed by atoms with Crippen LogP contribution in [0.1, 0.15) is 43.2 Å². The third-order valence-electron chi connectivity index (χ3n) is 7.69. The second kappa shape index (κ2) is 9.44.